The van der Waals surface area contributed by atoms with E-state index in [9.17, 15) is 4.79 Å². The van der Waals surface area contributed by atoms with Crippen molar-refractivity contribution in [1.29, 1.82) is 0 Å². The number of hydrogen-bond donors (Lipinski definition) is 2. The van der Waals surface area contributed by atoms with Crippen molar-refractivity contribution in [3.63, 3.8) is 0 Å². The summed E-state index contributed by atoms with van der Waals surface area (Å²) in [6, 6.07) is 8.71. The minimum atomic E-state index is -0.528. The highest BCUT2D eigenvalue weighted by Crippen LogP contribution is 2.30. The number of esters is 1. The van der Waals surface area contributed by atoms with E-state index in [4.69, 9.17) is 16.2 Å². The lowest BCUT2D eigenvalue weighted by Gasteiger charge is -2.08. The Morgan fingerprint density at radius 1 is 1.18 bits per heavy atom. The number of fused-ring (bicyclic) bond motifs is 1. The molecule has 0 spiro atoms. The van der Waals surface area contributed by atoms with Gasteiger partial charge in [0.05, 0.1) is 0 Å². The van der Waals surface area contributed by atoms with Gasteiger partial charge in [0.1, 0.15) is 5.75 Å². The van der Waals surface area contributed by atoms with Crippen molar-refractivity contribution in [2.24, 2.45) is 0 Å². The van der Waals surface area contributed by atoms with Crippen LogP contribution in [0.15, 0.2) is 43.0 Å². The van der Waals surface area contributed by atoms with Crippen molar-refractivity contribution in [2.45, 2.75) is 0 Å². The van der Waals surface area contributed by atoms with Gasteiger partial charge < -0.3 is 16.2 Å². The number of ether oxygens (including phenoxy) is 1. The fraction of sp³-hybridized carbons (Fsp3) is 0. The van der Waals surface area contributed by atoms with Crippen molar-refractivity contribution in [3.8, 4) is 5.75 Å². The lowest BCUT2D eigenvalue weighted by Crippen LogP contribution is -2.04. The van der Waals surface area contributed by atoms with Crippen LogP contribution in [0.5, 0.6) is 5.75 Å². The average molecular weight is 228 g/mol. The Morgan fingerprint density at radius 3 is 2.65 bits per heavy atom. The molecule has 0 amide bonds. The Bertz CT molecular complexity index is 606. The molecule has 0 heterocycles. The molecule has 0 saturated carbocycles. The Labute approximate surface area is 98.5 Å². The molecule has 4 heteroatoms. The van der Waals surface area contributed by atoms with Gasteiger partial charge in [0.2, 0.25) is 0 Å². The molecule has 0 saturated heterocycles. The van der Waals surface area contributed by atoms with E-state index in [2.05, 4.69) is 6.58 Å². The van der Waals surface area contributed by atoms with Crippen molar-refractivity contribution in [3.05, 3.63) is 43.0 Å². The summed E-state index contributed by atoms with van der Waals surface area (Å²) in [4.78, 5) is 11.2. The third-order valence-corrected chi connectivity index (χ3v) is 2.34. The van der Waals surface area contributed by atoms with Gasteiger partial charge in [-0.2, -0.15) is 0 Å². The Morgan fingerprint density at radius 2 is 1.94 bits per heavy atom. The van der Waals surface area contributed by atoms with Crippen LogP contribution in [0, 0.1) is 0 Å². The highest BCUT2D eigenvalue weighted by molar-refractivity contribution is 5.96. The van der Waals surface area contributed by atoms with Crippen LogP contribution >= 0.6 is 0 Å². The first-order chi connectivity index (χ1) is 8.10. The number of benzene rings is 2. The van der Waals surface area contributed by atoms with E-state index in [0.29, 0.717) is 17.1 Å². The molecule has 0 radical (unpaired) electrons. The summed E-state index contributed by atoms with van der Waals surface area (Å²) in [6.45, 7) is 3.35. The van der Waals surface area contributed by atoms with Gasteiger partial charge in [-0.15, -0.1) is 0 Å². The molecule has 0 aliphatic carbocycles. The normalized spacial score (nSPS) is 10.1. The summed E-state index contributed by atoms with van der Waals surface area (Å²) in [5.41, 5.74) is 12.6. The molecule has 0 aromatic heterocycles. The first kappa shape index (κ1) is 11.0. The standard InChI is InChI=1S/C13H12N2O2/c1-2-13(16)17-12-7-10(15)5-8-3-4-9(14)6-11(8)12/h2-7H,1,14-15H2. The molecule has 2 aromatic rings. The zero-order valence-corrected chi connectivity index (χ0v) is 9.14. The SMILES string of the molecule is C=CC(=O)Oc1cc(N)cc2ccc(N)cc12. The first-order valence-electron chi connectivity index (χ1n) is 5.03. The second-order valence-electron chi connectivity index (χ2n) is 3.62. The van der Waals surface area contributed by atoms with Crippen LogP contribution in [0.1, 0.15) is 0 Å². The molecular weight excluding hydrogens is 216 g/mol. The van der Waals surface area contributed by atoms with E-state index in [0.717, 1.165) is 16.8 Å². The predicted octanol–water partition coefficient (Wildman–Crippen LogP) is 2.10. The van der Waals surface area contributed by atoms with Crippen LogP contribution < -0.4 is 16.2 Å². The molecular formula is C13H12N2O2. The number of nitrogen functional groups attached to an aromatic ring is 2. The van der Waals surface area contributed by atoms with Crippen LogP contribution in [-0.4, -0.2) is 5.97 Å². The largest absolute Gasteiger partial charge is 0.423 e. The number of nitrogens with two attached hydrogens (primary N) is 2. The van der Waals surface area contributed by atoms with E-state index >= 15 is 0 Å². The number of carbonyl (C=O) groups is 1. The minimum Gasteiger partial charge on any atom is -0.423 e. The molecule has 0 aliphatic heterocycles. The van der Waals surface area contributed by atoms with Gasteiger partial charge in [-0.25, -0.2) is 4.79 Å². The molecule has 0 fully saturated rings. The maximum Gasteiger partial charge on any atom is 0.335 e. The number of anilines is 2. The van der Waals surface area contributed by atoms with E-state index in [1.54, 1.807) is 24.3 Å². The molecule has 2 rings (SSSR count). The predicted molar refractivity (Wildman–Crippen MR) is 68.6 cm³/mol. The Kier molecular flexibility index (Phi) is 2.70. The van der Waals surface area contributed by atoms with E-state index < -0.39 is 5.97 Å². The minimum absolute atomic E-state index is 0.386. The van der Waals surface area contributed by atoms with Crippen molar-refractivity contribution in [1.82, 2.24) is 0 Å². The summed E-state index contributed by atoms with van der Waals surface area (Å²) >= 11 is 0. The fourth-order valence-corrected chi connectivity index (χ4v) is 1.60. The third kappa shape index (κ3) is 2.20. The van der Waals surface area contributed by atoms with Crippen LogP contribution in [-0.2, 0) is 4.79 Å². The molecule has 4 N–H and O–H groups in total. The highest BCUT2D eigenvalue weighted by Gasteiger charge is 2.07. The lowest BCUT2D eigenvalue weighted by atomic mass is 10.1. The monoisotopic (exact) mass is 228 g/mol. The summed E-state index contributed by atoms with van der Waals surface area (Å²) in [5.74, 6) is -0.142. The fourth-order valence-electron chi connectivity index (χ4n) is 1.60. The van der Waals surface area contributed by atoms with Gasteiger partial charge in [-0.3, -0.25) is 0 Å². The molecule has 0 bridgehead atoms. The smallest absolute Gasteiger partial charge is 0.335 e. The van der Waals surface area contributed by atoms with E-state index in [-0.39, 0.29) is 0 Å². The van der Waals surface area contributed by atoms with Gasteiger partial charge in [0.15, 0.2) is 0 Å². The number of carbonyl (C=O) groups excluding carboxylic acids is 1. The van der Waals surface area contributed by atoms with Gasteiger partial charge in [-0.05, 0) is 23.6 Å². The summed E-state index contributed by atoms with van der Waals surface area (Å²) in [5, 5.41) is 1.61. The van der Waals surface area contributed by atoms with Gasteiger partial charge >= 0.3 is 5.97 Å². The van der Waals surface area contributed by atoms with Crippen LogP contribution in [0.3, 0.4) is 0 Å². The van der Waals surface area contributed by atoms with Gasteiger partial charge in [0.25, 0.3) is 0 Å². The van der Waals surface area contributed by atoms with Gasteiger partial charge in [0, 0.05) is 28.9 Å². The average Bonchev–Trinajstić information content (AvgIpc) is 2.29. The van der Waals surface area contributed by atoms with E-state index in [1.165, 1.54) is 0 Å². The second-order valence-corrected chi connectivity index (χ2v) is 3.62. The maximum absolute atomic E-state index is 11.2. The zero-order valence-electron chi connectivity index (χ0n) is 9.14. The maximum atomic E-state index is 11.2. The zero-order chi connectivity index (χ0) is 12.4. The molecule has 17 heavy (non-hydrogen) atoms. The first-order valence-corrected chi connectivity index (χ1v) is 5.03. The molecule has 2 aromatic carbocycles. The molecule has 0 aliphatic rings. The Balaban J connectivity index is 2.63. The number of hydrogen-bond acceptors (Lipinski definition) is 4. The second kappa shape index (κ2) is 4.17. The lowest BCUT2D eigenvalue weighted by molar-refractivity contribution is -0.128. The summed E-state index contributed by atoms with van der Waals surface area (Å²) in [7, 11) is 0. The highest BCUT2D eigenvalue weighted by atomic mass is 16.5. The van der Waals surface area contributed by atoms with Gasteiger partial charge in [-0.1, -0.05) is 12.6 Å². The summed E-state index contributed by atoms with van der Waals surface area (Å²) in [6.07, 6.45) is 1.10. The third-order valence-electron chi connectivity index (χ3n) is 2.34. The summed E-state index contributed by atoms with van der Waals surface area (Å²) < 4.78 is 5.12. The Hall–Kier alpha value is -2.49. The molecule has 0 unspecified atom stereocenters. The number of rotatable bonds is 2. The molecule has 4 nitrogen and oxygen atoms in total. The molecule has 0 atom stereocenters. The molecule has 86 valence electrons. The van der Waals surface area contributed by atoms with Crippen molar-refractivity contribution < 1.29 is 9.53 Å². The topological polar surface area (TPSA) is 78.3 Å². The van der Waals surface area contributed by atoms with Crippen LogP contribution in [0.4, 0.5) is 11.4 Å². The van der Waals surface area contributed by atoms with Crippen molar-refractivity contribution in [2.75, 3.05) is 11.5 Å². The van der Waals surface area contributed by atoms with Crippen molar-refractivity contribution >= 4 is 28.1 Å². The van der Waals surface area contributed by atoms with Crippen LogP contribution in [0.2, 0.25) is 0 Å². The van der Waals surface area contributed by atoms with E-state index in [1.807, 2.05) is 6.07 Å². The quantitative estimate of drug-likeness (QED) is 0.357. The van der Waals surface area contributed by atoms with Crippen LogP contribution in [0.25, 0.3) is 10.8 Å².